The summed E-state index contributed by atoms with van der Waals surface area (Å²) in [5.41, 5.74) is 1.82. The van der Waals surface area contributed by atoms with E-state index in [0.717, 1.165) is 0 Å². The molecule has 2 aromatic carbocycles. The first-order valence-corrected chi connectivity index (χ1v) is 8.30. The van der Waals surface area contributed by atoms with Gasteiger partial charge in [0.15, 0.2) is 0 Å². The number of rotatable bonds is 4. The van der Waals surface area contributed by atoms with Crippen molar-refractivity contribution in [2.24, 2.45) is 0 Å². The molecular formula is C18H13Cl2FN4O. The van der Waals surface area contributed by atoms with E-state index in [1.807, 2.05) is 0 Å². The summed E-state index contributed by atoms with van der Waals surface area (Å²) in [6.45, 7) is 1.74. The van der Waals surface area contributed by atoms with Crippen LogP contribution in [0.5, 0.6) is 0 Å². The van der Waals surface area contributed by atoms with Gasteiger partial charge in [-0.1, -0.05) is 23.2 Å². The Bertz CT molecular complexity index is 944. The maximum Gasteiger partial charge on any atom is 0.274 e. The molecule has 3 aromatic rings. The highest BCUT2D eigenvalue weighted by Gasteiger charge is 2.12. The van der Waals surface area contributed by atoms with E-state index in [-0.39, 0.29) is 17.5 Å². The van der Waals surface area contributed by atoms with Crippen LogP contribution in [-0.2, 0) is 0 Å². The summed E-state index contributed by atoms with van der Waals surface area (Å²) in [5, 5.41) is 6.55. The van der Waals surface area contributed by atoms with Crippen LogP contribution in [0.15, 0.2) is 48.5 Å². The molecule has 1 heterocycles. The molecule has 3 rings (SSSR count). The third-order valence-electron chi connectivity index (χ3n) is 3.31. The van der Waals surface area contributed by atoms with E-state index in [2.05, 4.69) is 20.6 Å². The Hall–Kier alpha value is -2.70. The summed E-state index contributed by atoms with van der Waals surface area (Å²) in [6.07, 6.45) is 0. The van der Waals surface area contributed by atoms with Crippen LogP contribution in [0, 0.1) is 12.7 Å². The highest BCUT2D eigenvalue weighted by molar-refractivity contribution is 6.35. The normalized spacial score (nSPS) is 10.5. The number of anilines is 3. The van der Waals surface area contributed by atoms with Crippen molar-refractivity contribution in [2.45, 2.75) is 6.92 Å². The molecule has 1 aromatic heterocycles. The Morgan fingerprint density at radius 3 is 2.27 bits per heavy atom. The maximum absolute atomic E-state index is 13.0. The van der Waals surface area contributed by atoms with E-state index in [0.29, 0.717) is 27.1 Å². The smallest absolute Gasteiger partial charge is 0.274 e. The average molecular weight is 391 g/mol. The van der Waals surface area contributed by atoms with Crippen LogP contribution >= 0.6 is 23.2 Å². The van der Waals surface area contributed by atoms with Crippen LogP contribution in [-0.4, -0.2) is 15.9 Å². The lowest BCUT2D eigenvalue weighted by molar-refractivity contribution is 0.102. The molecule has 8 heteroatoms. The van der Waals surface area contributed by atoms with Crippen molar-refractivity contribution < 1.29 is 9.18 Å². The quantitative estimate of drug-likeness (QED) is 0.640. The predicted molar refractivity (Wildman–Crippen MR) is 101 cm³/mol. The van der Waals surface area contributed by atoms with E-state index >= 15 is 0 Å². The van der Waals surface area contributed by atoms with Crippen molar-refractivity contribution in [3.05, 3.63) is 75.8 Å². The third kappa shape index (κ3) is 4.68. The van der Waals surface area contributed by atoms with Crippen molar-refractivity contribution in [1.29, 1.82) is 0 Å². The molecule has 0 atom stereocenters. The van der Waals surface area contributed by atoms with Gasteiger partial charge in [0.25, 0.3) is 5.91 Å². The highest BCUT2D eigenvalue weighted by Crippen LogP contribution is 2.24. The number of hydrogen-bond acceptors (Lipinski definition) is 4. The number of hydrogen-bond donors (Lipinski definition) is 2. The zero-order valence-corrected chi connectivity index (χ0v) is 15.1. The summed E-state index contributed by atoms with van der Waals surface area (Å²) >= 11 is 11.9. The van der Waals surface area contributed by atoms with E-state index in [1.54, 1.807) is 31.2 Å². The van der Waals surface area contributed by atoms with Crippen molar-refractivity contribution in [3.8, 4) is 0 Å². The molecule has 0 spiro atoms. The van der Waals surface area contributed by atoms with Crippen LogP contribution in [0.2, 0.25) is 10.0 Å². The minimum Gasteiger partial charge on any atom is -0.324 e. The summed E-state index contributed by atoms with van der Waals surface area (Å²) in [6, 6.07) is 11.9. The largest absolute Gasteiger partial charge is 0.324 e. The minimum absolute atomic E-state index is 0.164. The fourth-order valence-electron chi connectivity index (χ4n) is 2.22. The zero-order valence-electron chi connectivity index (χ0n) is 13.6. The van der Waals surface area contributed by atoms with Crippen LogP contribution in [0.3, 0.4) is 0 Å². The fraction of sp³-hybridized carbons (Fsp3) is 0.0556. The van der Waals surface area contributed by atoms with Crippen LogP contribution < -0.4 is 10.6 Å². The van der Waals surface area contributed by atoms with E-state index in [1.165, 1.54) is 24.3 Å². The lowest BCUT2D eigenvalue weighted by Gasteiger charge is -2.09. The predicted octanol–water partition coefficient (Wildman–Crippen LogP) is 5.23. The molecule has 0 aliphatic carbocycles. The zero-order chi connectivity index (χ0) is 18.7. The second kappa shape index (κ2) is 7.68. The number of halogens is 3. The molecule has 0 unspecified atom stereocenters. The molecule has 5 nitrogen and oxygen atoms in total. The molecule has 26 heavy (non-hydrogen) atoms. The van der Waals surface area contributed by atoms with Gasteiger partial charge < -0.3 is 10.6 Å². The van der Waals surface area contributed by atoms with E-state index < -0.39 is 5.91 Å². The second-order valence-electron chi connectivity index (χ2n) is 5.46. The molecule has 0 aliphatic rings. The first-order valence-electron chi connectivity index (χ1n) is 7.55. The van der Waals surface area contributed by atoms with Crippen molar-refractivity contribution in [2.75, 3.05) is 10.6 Å². The molecule has 0 aliphatic heterocycles. The lowest BCUT2D eigenvalue weighted by Crippen LogP contribution is -2.15. The number of amides is 1. The Labute approximate surface area is 159 Å². The minimum atomic E-state index is -0.436. The number of nitrogens with one attached hydrogen (secondary N) is 2. The van der Waals surface area contributed by atoms with Crippen LogP contribution in [0.4, 0.5) is 21.7 Å². The Kier molecular flexibility index (Phi) is 5.35. The maximum atomic E-state index is 13.0. The van der Waals surface area contributed by atoms with E-state index in [4.69, 9.17) is 23.2 Å². The monoisotopic (exact) mass is 390 g/mol. The lowest BCUT2D eigenvalue weighted by atomic mass is 10.2. The number of aryl methyl sites for hydroxylation is 1. The van der Waals surface area contributed by atoms with Crippen LogP contribution in [0.25, 0.3) is 0 Å². The van der Waals surface area contributed by atoms with Gasteiger partial charge in [0.2, 0.25) is 5.95 Å². The molecule has 0 saturated carbocycles. The number of aromatic nitrogens is 2. The van der Waals surface area contributed by atoms with Gasteiger partial charge >= 0.3 is 0 Å². The van der Waals surface area contributed by atoms with Gasteiger partial charge in [0.1, 0.15) is 11.5 Å². The first kappa shape index (κ1) is 18.1. The molecule has 0 radical (unpaired) electrons. The van der Waals surface area contributed by atoms with Gasteiger partial charge in [-0.05, 0) is 55.5 Å². The van der Waals surface area contributed by atoms with Crippen molar-refractivity contribution >= 4 is 46.4 Å². The average Bonchev–Trinajstić information content (AvgIpc) is 2.55. The second-order valence-corrected chi connectivity index (χ2v) is 6.34. The summed E-state index contributed by atoms with van der Waals surface area (Å²) < 4.78 is 13.0. The van der Waals surface area contributed by atoms with Crippen molar-refractivity contribution in [3.63, 3.8) is 0 Å². The SMILES string of the molecule is Cc1cc(C(=O)Nc2ccc(F)cc2)nc(Nc2cc(Cl)cc(Cl)c2)n1. The van der Waals surface area contributed by atoms with Gasteiger partial charge in [-0.25, -0.2) is 14.4 Å². The summed E-state index contributed by atoms with van der Waals surface area (Å²) in [4.78, 5) is 20.9. The highest BCUT2D eigenvalue weighted by atomic mass is 35.5. The number of nitrogens with zero attached hydrogens (tertiary/aromatic N) is 2. The van der Waals surface area contributed by atoms with Gasteiger partial charge in [-0.2, -0.15) is 0 Å². The van der Waals surface area contributed by atoms with Gasteiger partial charge in [0.05, 0.1) is 0 Å². The first-order chi connectivity index (χ1) is 12.4. The molecule has 2 N–H and O–H groups in total. The Balaban J connectivity index is 1.82. The Morgan fingerprint density at radius 1 is 0.962 bits per heavy atom. The molecule has 1 amide bonds. The third-order valence-corrected chi connectivity index (χ3v) is 3.74. The molecule has 0 fully saturated rings. The molecular weight excluding hydrogens is 378 g/mol. The summed E-state index contributed by atoms with van der Waals surface area (Å²) in [5.74, 6) is -0.588. The van der Waals surface area contributed by atoms with Gasteiger partial charge in [-0.15, -0.1) is 0 Å². The van der Waals surface area contributed by atoms with Gasteiger partial charge in [-0.3, -0.25) is 4.79 Å². The van der Waals surface area contributed by atoms with Crippen LogP contribution in [0.1, 0.15) is 16.2 Å². The Morgan fingerprint density at radius 2 is 1.62 bits per heavy atom. The fourth-order valence-corrected chi connectivity index (χ4v) is 2.75. The van der Waals surface area contributed by atoms with Crippen molar-refractivity contribution in [1.82, 2.24) is 9.97 Å². The van der Waals surface area contributed by atoms with E-state index in [9.17, 15) is 9.18 Å². The number of carbonyl (C=O) groups is 1. The molecule has 0 bridgehead atoms. The number of carbonyl (C=O) groups excluding carboxylic acids is 1. The summed E-state index contributed by atoms with van der Waals surface area (Å²) in [7, 11) is 0. The molecule has 132 valence electrons. The van der Waals surface area contributed by atoms with Gasteiger partial charge in [0, 0.05) is 27.1 Å². The number of benzene rings is 2. The topological polar surface area (TPSA) is 66.9 Å². The standard InChI is InChI=1S/C18H13Cl2FN4O/c1-10-6-16(17(26)23-14-4-2-13(21)3-5-14)25-18(22-10)24-15-8-11(19)7-12(20)9-15/h2-9H,1H3,(H,23,26)(H,22,24,25). The molecule has 0 saturated heterocycles.